The lowest BCUT2D eigenvalue weighted by atomic mass is 9.85. The normalized spacial score (nSPS) is 11.3. The number of carbonyl (C=O) groups is 1. The highest BCUT2D eigenvalue weighted by atomic mass is 32.2. The van der Waals surface area contributed by atoms with Crippen LogP contribution in [0.3, 0.4) is 0 Å². The van der Waals surface area contributed by atoms with E-state index in [1.807, 2.05) is 72.8 Å². The number of rotatable bonds is 13. The van der Waals surface area contributed by atoms with Gasteiger partial charge in [-0.2, -0.15) is 13.1 Å². The van der Waals surface area contributed by atoms with Crippen LogP contribution in [0.4, 0.5) is 17.1 Å². The molecule has 3 aromatic carbocycles. The molecule has 0 saturated heterocycles. The van der Waals surface area contributed by atoms with E-state index >= 15 is 0 Å². The van der Waals surface area contributed by atoms with Gasteiger partial charge in [0.2, 0.25) is 0 Å². The van der Waals surface area contributed by atoms with Crippen LogP contribution < -0.4 is 21.5 Å². The molecule has 6 N–H and O–H groups in total. The minimum Gasteiger partial charge on any atom is -0.461 e. The van der Waals surface area contributed by atoms with Crippen LogP contribution in [0, 0.1) is 0 Å². The largest absolute Gasteiger partial charge is 0.461 e. The second kappa shape index (κ2) is 12.9. The number of esters is 1. The number of nitrogens with one attached hydrogen (secondary N) is 2. The number of nitrogen functional groups attached to an aromatic ring is 2. The van der Waals surface area contributed by atoms with Gasteiger partial charge in [0.25, 0.3) is 0 Å². The summed E-state index contributed by atoms with van der Waals surface area (Å²) in [6.07, 6.45) is 0. The summed E-state index contributed by atoms with van der Waals surface area (Å²) in [5.41, 5.74) is 17.5. The molecule has 0 amide bonds. The van der Waals surface area contributed by atoms with Crippen molar-refractivity contribution in [2.24, 2.45) is 0 Å². The van der Waals surface area contributed by atoms with Crippen molar-refractivity contribution >= 4 is 33.3 Å². The van der Waals surface area contributed by atoms with Crippen molar-refractivity contribution in [1.82, 2.24) is 4.72 Å². The molecule has 0 unspecified atom stereocenters. The summed E-state index contributed by atoms with van der Waals surface area (Å²) < 4.78 is 35.8. The van der Waals surface area contributed by atoms with Gasteiger partial charge in [-0.3, -0.25) is 4.18 Å². The van der Waals surface area contributed by atoms with E-state index in [2.05, 4.69) is 16.6 Å². The first-order chi connectivity index (χ1) is 17.6. The highest BCUT2D eigenvalue weighted by molar-refractivity contribution is 7.84. The van der Waals surface area contributed by atoms with Gasteiger partial charge in [0, 0.05) is 41.6 Å². The van der Waals surface area contributed by atoms with Gasteiger partial charge in [-0.25, -0.2) is 4.79 Å². The zero-order chi connectivity index (χ0) is 26.8. The maximum Gasteiger partial charge on any atom is 0.336 e. The molecule has 0 spiro atoms. The van der Waals surface area contributed by atoms with Crippen LogP contribution in [0.2, 0.25) is 0 Å². The minimum atomic E-state index is -3.96. The highest BCUT2D eigenvalue weighted by Gasteiger charge is 2.17. The summed E-state index contributed by atoms with van der Waals surface area (Å²) in [5.74, 6) is -0.590. The van der Waals surface area contributed by atoms with Crippen molar-refractivity contribution in [2.75, 3.05) is 43.1 Å². The van der Waals surface area contributed by atoms with Crippen molar-refractivity contribution in [3.63, 3.8) is 0 Å². The fourth-order valence-corrected chi connectivity index (χ4v) is 4.29. The van der Waals surface area contributed by atoms with Gasteiger partial charge in [0.05, 0.1) is 6.61 Å². The third kappa shape index (κ3) is 8.64. The molecule has 0 saturated carbocycles. The quantitative estimate of drug-likeness (QED) is 0.0875. The molecule has 0 aliphatic carbocycles. The summed E-state index contributed by atoms with van der Waals surface area (Å²) in [5, 5.41) is 3.14. The Morgan fingerprint density at radius 2 is 1.32 bits per heavy atom. The van der Waals surface area contributed by atoms with Gasteiger partial charge in [0.1, 0.15) is 6.61 Å². The predicted molar refractivity (Wildman–Crippen MR) is 146 cm³/mol. The molecule has 3 aromatic rings. The lowest BCUT2D eigenvalue weighted by Crippen LogP contribution is -2.31. The standard InChI is InChI=1S/C27H32N4O5S/c1-19(2)27(32)35-17-16-31-37(33,34)36-18-15-30-25-13-7-22(8-14-25)26(20-3-9-23(28)10-4-20)21-5-11-24(29)12-6-21/h3-14,26,30-31H,1,15-18,28-29H2,2H3. The van der Waals surface area contributed by atoms with E-state index in [-0.39, 0.29) is 37.8 Å². The number of nitrogens with two attached hydrogens (primary N) is 2. The maximum absolute atomic E-state index is 11.9. The topological polar surface area (TPSA) is 146 Å². The van der Waals surface area contributed by atoms with Gasteiger partial charge in [-0.1, -0.05) is 43.0 Å². The van der Waals surface area contributed by atoms with Crippen LogP contribution in [0.1, 0.15) is 29.5 Å². The Morgan fingerprint density at radius 1 is 0.838 bits per heavy atom. The van der Waals surface area contributed by atoms with Gasteiger partial charge in [0.15, 0.2) is 0 Å². The van der Waals surface area contributed by atoms with E-state index in [1.54, 1.807) is 0 Å². The zero-order valence-corrected chi connectivity index (χ0v) is 21.5. The number of carbonyl (C=O) groups excluding carboxylic acids is 1. The second-order valence-corrected chi connectivity index (χ2v) is 9.83. The van der Waals surface area contributed by atoms with Crippen LogP contribution in [0.25, 0.3) is 0 Å². The molecule has 3 rings (SSSR count). The Morgan fingerprint density at radius 3 is 1.81 bits per heavy atom. The molecule has 37 heavy (non-hydrogen) atoms. The molecule has 0 heterocycles. The molecule has 10 heteroatoms. The number of hydrogen-bond acceptors (Lipinski definition) is 8. The fraction of sp³-hybridized carbons (Fsp3) is 0.222. The molecule has 0 radical (unpaired) electrons. The zero-order valence-electron chi connectivity index (χ0n) is 20.6. The van der Waals surface area contributed by atoms with Crippen molar-refractivity contribution in [3.8, 4) is 0 Å². The van der Waals surface area contributed by atoms with Crippen LogP contribution in [-0.2, 0) is 24.0 Å². The Labute approximate surface area is 217 Å². The molecular formula is C27H32N4O5S. The van der Waals surface area contributed by atoms with Crippen LogP contribution in [-0.4, -0.2) is 40.7 Å². The lowest BCUT2D eigenvalue weighted by molar-refractivity contribution is -0.138. The van der Waals surface area contributed by atoms with E-state index in [1.165, 1.54) is 6.92 Å². The summed E-state index contributed by atoms with van der Waals surface area (Å²) >= 11 is 0. The predicted octanol–water partition coefficient (Wildman–Crippen LogP) is 3.41. The van der Waals surface area contributed by atoms with Crippen molar-refractivity contribution in [1.29, 1.82) is 0 Å². The minimum absolute atomic E-state index is 0.00975. The van der Waals surface area contributed by atoms with Crippen molar-refractivity contribution in [3.05, 3.63) is 102 Å². The Hall–Kier alpha value is -3.86. The lowest BCUT2D eigenvalue weighted by Gasteiger charge is -2.20. The van der Waals surface area contributed by atoms with E-state index in [0.717, 1.165) is 22.4 Å². The van der Waals surface area contributed by atoms with Gasteiger partial charge in [-0.15, -0.1) is 0 Å². The highest BCUT2D eigenvalue weighted by Crippen LogP contribution is 2.33. The number of anilines is 3. The SMILES string of the molecule is C=C(C)C(=O)OCCNS(=O)(=O)OCCNc1ccc(C(c2ccc(N)cc2)c2ccc(N)cc2)cc1. The van der Waals surface area contributed by atoms with Crippen molar-refractivity contribution in [2.45, 2.75) is 12.8 Å². The summed E-state index contributed by atoms with van der Waals surface area (Å²) in [6, 6.07) is 23.5. The van der Waals surface area contributed by atoms with Crippen molar-refractivity contribution < 1.29 is 22.1 Å². The second-order valence-electron chi connectivity index (χ2n) is 8.40. The summed E-state index contributed by atoms with van der Waals surface area (Å²) in [6.45, 7) is 4.93. The molecule has 0 aliphatic rings. The molecule has 196 valence electrons. The third-order valence-corrected chi connectivity index (χ3v) is 6.45. The smallest absolute Gasteiger partial charge is 0.336 e. The number of benzene rings is 3. The van der Waals surface area contributed by atoms with E-state index in [0.29, 0.717) is 11.4 Å². The molecule has 9 nitrogen and oxygen atoms in total. The Bertz CT molecular complexity index is 1250. The Kier molecular flexibility index (Phi) is 9.67. The maximum atomic E-state index is 11.9. The van der Waals surface area contributed by atoms with E-state index in [4.69, 9.17) is 20.4 Å². The number of hydrogen-bond donors (Lipinski definition) is 4. The average molecular weight is 525 g/mol. The summed E-state index contributed by atoms with van der Waals surface area (Å²) in [7, 11) is -3.96. The summed E-state index contributed by atoms with van der Waals surface area (Å²) in [4.78, 5) is 11.3. The monoisotopic (exact) mass is 524 g/mol. The fourth-order valence-electron chi connectivity index (χ4n) is 3.57. The van der Waals surface area contributed by atoms with Gasteiger partial charge < -0.3 is 21.5 Å². The van der Waals surface area contributed by atoms with Crippen LogP contribution in [0.15, 0.2) is 84.9 Å². The number of ether oxygens (including phenoxy) is 1. The van der Waals surface area contributed by atoms with Gasteiger partial charge >= 0.3 is 16.3 Å². The first-order valence-corrected chi connectivity index (χ1v) is 13.1. The van der Waals surface area contributed by atoms with E-state index < -0.39 is 16.3 Å². The van der Waals surface area contributed by atoms with Crippen LogP contribution in [0.5, 0.6) is 0 Å². The molecule has 0 atom stereocenters. The molecular weight excluding hydrogens is 492 g/mol. The Balaban J connectivity index is 1.55. The molecule has 0 aliphatic heterocycles. The van der Waals surface area contributed by atoms with Crippen LogP contribution >= 0.6 is 0 Å². The molecule has 0 fully saturated rings. The first kappa shape index (κ1) is 27.7. The third-order valence-electron chi connectivity index (χ3n) is 5.42. The first-order valence-electron chi connectivity index (χ1n) is 11.7. The van der Waals surface area contributed by atoms with E-state index in [9.17, 15) is 13.2 Å². The molecule has 0 bridgehead atoms. The molecule has 0 aromatic heterocycles. The average Bonchev–Trinajstić information content (AvgIpc) is 2.87. The van der Waals surface area contributed by atoms with Gasteiger partial charge in [-0.05, 0) is 60.0 Å².